The van der Waals surface area contributed by atoms with Crippen molar-refractivity contribution in [2.75, 3.05) is 21.2 Å². The number of nitrogens with zero attached hydrogens (tertiary/aromatic N) is 1. The van der Waals surface area contributed by atoms with E-state index in [0.29, 0.717) is 0 Å². The third-order valence-electron chi connectivity index (χ3n) is 0.520. The van der Waals surface area contributed by atoms with Crippen molar-refractivity contribution < 1.29 is 4.18 Å². The second-order valence-electron chi connectivity index (χ2n) is 1.41. The molecule has 2 nitrogen and oxygen atoms in total. The monoisotopic (exact) mass is 151 g/mol. The molecule has 0 N–H and O–H groups in total. The lowest BCUT2D eigenvalue weighted by atomic mass is 11.0. The van der Waals surface area contributed by atoms with Gasteiger partial charge in [-0.3, -0.25) is 0 Å². The molecule has 4 heteroatoms. The van der Waals surface area contributed by atoms with Gasteiger partial charge in [-0.25, -0.2) is 0 Å². The SMILES string of the molecule is COSC(=S)N(C)C. The molecule has 0 aliphatic heterocycles. The first-order chi connectivity index (χ1) is 3.68. The molecular weight excluding hydrogens is 142 g/mol. The van der Waals surface area contributed by atoms with Crippen molar-refractivity contribution in [2.45, 2.75) is 0 Å². The summed E-state index contributed by atoms with van der Waals surface area (Å²) >= 11 is 6.04. The fraction of sp³-hybridized carbons (Fsp3) is 0.750. The third-order valence-corrected chi connectivity index (χ3v) is 1.76. The summed E-state index contributed by atoms with van der Waals surface area (Å²) in [5, 5.41) is 0. The average molecular weight is 151 g/mol. The summed E-state index contributed by atoms with van der Waals surface area (Å²) in [4.78, 5) is 1.82. The summed E-state index contributed by atoms with van der Waals surface area (Å²) in [5.41, 5.74) is 0. The Labute approximate surface area is 59.4 Å². The smallest absolute Gasteiger partial charge is 0.163 e. The lowest BCUT2D eigenvalue weighted by molar-refractivity contribution is 0.493. The van der Waals surface area contributed by atoms with Gasteiger partial charge in [0.2, 0.25) is 0 Å². The van der Waals surface area contributed by atoms with Gasteiger partial charge >= 0.3 is 0 Å². The lowest BCUT2D eigenvalue weighted by Gasteiger charge is -2.09. The second-order valence-corrected chi connectivity index (χ2v) is 2.94. The maximum Gasteiger partial charge on any atom is 0.163 e. The summed E-state index contributed by atoms with van der Waals surface area (Å²) in [5.74, 6) is 0. The van der Waals surface area contributed by atoms with Crippen LogP contribution >= 0.6 is 24.3 Å². The van der Waals surface area contributed by atoms with E-state index in [0.717, 1.165) is 4.32 Å². The zero-order valence-corrected chi connectivity index (χ0v) is 6.80. The molecule has 8 heavy (non-hydrogen) atoms. The van der Waals surface area contributed by atoms with Gasteiger partial charge in [0.25, 0.3) is 0 Å². The largest absolute Gasteiger partial charge is 0.362 e. The molecule has 0 aliphatic carbocycles. The van der Waals surface area contributed by atoms with Gasteiger partial charge in [-0.1, -0.05) is 12.2 Å². The fourth-order valence-corrected chi connectivity index (χ4v) is 0.642. The first kappa shape index (κ1) is 8.20. The Morgan fingerprint density at radius 3 is 2.25 bits per heavy atom. The molecule has 0 atom stereocenters. The minimum Gasteiger partial charge on any atom is -0.362 e. The van der Waals surface area contributed by atoms with Gasteiger partial charge in [0.05, 0.1) is 19.2 Å². The standard InChI is InChI=1S/C4H9NOS2/c1-5(2)4(7)8-6-3/h1-3H3. The highest BCUT2D eigenvalue weighted by Gasteiger charge is 1.95. The molecule has 0 fully saturated rings. The highest BCUT2D eigenvalue weighted by Crippen LogP contribution is 2.04. The molecule has 0 aromatic heterocycles. The molecule has 0 amide bonds. The Bertz CT molecular complexity index is 84.1. The maximum atomic E-state index is 4.84. The summed E-state index contributed by atoms with van der Waals surface area (Å²) in [6.45, 7) is 0. The molecule has 0 rings (SSSR count). The quantitative estimate of drug-likeness (QED) is 0.411. The Balaban J connectivity index is 3.33. The first-order valence-electron chi connectivity index (χ1n) is 2.10. The van der Waals surface area contributed by atoms with E-state index < -0.39 is 0 Å². The van der Waals surface area contributed by atoms with E-state index in [2.05, 4.69) is 0 Å². The minimum atomic E-state index is 0.743. The molecule has 0 radical (unpaired) electrons. The third kappa shape index (κ3) is 3.23. The summed E-state index contributed by atoms with van der Waals surface area (Å²) in [6, 6.07) is 0. The van der Waals surface area contributed by atoms with E-state index in [1.807, 2.05) is 19.0 Å². The van der Waals surface area contributed by atoms with Gasteiger partial charge in [0, 0.05) is 14.1 Å². The Hall–Kier alpha value is 0.200. The summed E-state index contributed by atoms with van der Waals surface area (Å²) in [7, 11) is 5.36. The zero-order valence-electron chi connectivity index (χ0n) is 5.17. The van der Waals surface area contributed by atoms with Crippen molar-refractivity contribution >= 4 is 28.6 Å². The number of rotatable bonds is 1. The van der Waals surface area contributed by atoms with Crippen LogP contribution in [0.4, 0.5) is 0 Å². The molecule has 0 heterocycles. The maximum absolute atomic E-state index is 4.84. The van der Waals surface area contributed by atoms with Crippen LogP contribution in [0.25, 0.3) is 0 Å². The Kier molecular flexibility index (Phi) is 4.22. The summed E-state index contributed by atoms with van der Waals surface area (Å²) in [6.07, 6.45) is 0. The molecule has 0 bridgehead atoms. The molecule has 0 spiro atoms. The zero-order chi connectivity index (χ0) is 6.57. The predicted molar refractivity (Wildman–Crippen MR) is 40.9 cm³/mol. The first-order valence-corrected chi connectivity index (χ1v) is 3.25. The van der Waals surface area contributed by atoms with E-state index in [4.69, 9.17) is 16.4 Å². The van der Waals surface area contributed by atoms with Crippen molar-refractivity contribution in [1.29, 1.82) is 0 Å². The van der Waals surface area contributed by atoms with Gasteiger partial charge in [-0.15, -0.1) is 0 Å². The molecule has 0 aliphatic rings. The van der Waals surface area contributed by atoms with Gasteiger partial charge in [-0.05, 0) is 0 Å². The fourth-order valence-electron chi connectivity index (χ4n) is 0.146. The van der Waals surface area contributed by atoms with Gasteiger partial charge in [0.15, 0.2) is 4.32 Å². The normalized spacial score (nSPS) is 8.88. The molecular formula is C4H9NOS2. The highest BCUT2D eigenvalue weighted by atomic mass is 32.2. The molecule has 0 aromatic carbocycles. The van der Waals surface area contributed by atoms with E-state index in [1.54, 1.807) is 7.11 Å². The van der Waals surface area contributed by atoms with Gasteiger partial charge < -0.3 is 9.08 Å². The van der Waals surface area contributed by atoms with Crippen LogP contribution < -0.4 is 0 Å². The molecule has 0 saturated carbocycles. The van der Waals surface area contributed by atoms with E-state index in [-0.39, 0.29) is 0 Å². The van der Waals surface area contributed by atoms with Crippen LogP contribution in [0.5, 0.6) is 0 Å². The van der Waals surface area contributed by atoms with Crippen LogP contribution in [0.15, 0.2) is 0 Å². The van der Waals surface area contributed by atoms with Crippen LogP contribution in [0.1, 0.15) is 0 Å². The van der Waals surface area contributed by atoms with Crippen LogP contribution in [-0.4, -0.2) is 30.4 Å². The van der Waals surface area contributed by atoms with E-state index in [9.17, 15) is 0 Å². The van der Waals surface area contributed by atoms with Crippen molar-refractivity contribution in [1.82, 2.24) is 4.90 Å². The second kappa shape index (κ2) is 4.12. The van der Waals surface area contributed by atoms with Crippen LogP contribution in [0, 0.1) is 0 Å². The highest BCUT2D eigenvalue weighted by molar-refractivity contribution is 8.19. The molecule has 48 valence electrons. The van der Waals surface area contributed by atoms with Gasteiger partial charge in [-0.2, -0.15) is 0 Å². The minimum absolute atomic E-state index is 0.743. The van der Waals surface area contributed by atoms with Crippen LogP contribution in [0.2, 0.25) is 0 Å². The molecule has 0 aromatic rings. The topological polar surface area (TPSA) is 12.5 Å². The Morgan fingerprint density at radius 1 is 1.62 bits per heavy atom. The van der Waals surface area contributed by atoms with Crippen LogP contribution in [-0.2, 0) is 4.18 Å². The van der Waals surface area contributed by atoms with Crippen molar-refractivity contribution in [2.24, 2.45) is 0 Å². The van der Waals surface area contributed by atoms with Crippen molar-refractivity contribution in [3.63, 3.8) is 0 Å². The van der Waals surface area contributed by atoms with Crippen LogP contribution in [0.3, 0.4) is 0 Å². The summed E-state index contributed by atoms with van der Waals surface area (Å²) < 4.78 is 5.44. The van der Waals surface area contributed by atoms with E-state index in [1.165, 1.54) is 12.0 Å². The van der Waals surface area contributed by atoms with Crippen molar-refractivity contribution in [3.8, 4) is 0 Å². The average Bonchev–Trinajstić information content (AvgIpc) is 1.67. The number of thiocarbonyl (C=S) groups is 1. The Morgan fingerprint density at radius 2 is 2.12 bits per heavy atom. The lowest BCUT2D eigenvalue weighted by Crippen LogP contribution is -2.15. The predicted octanol–water partition coefficient (Wildman–Crippen LogP) is 1.13. The number of hydrogen-bond acceptors (Lipinski definition) is 3. The molecule has 0 unspecified atom stereocenters. The number of hydrogen-bond donors (Lipinski definition) is 0. The van der Waals surface area contributed by atoms with E-state index >= 15 is 0 Å². The molecule has 0 saturated heterocycles. The van der Waals surface area contributed by atoms with Gasteiger partial charge in [0.1, 0.15) is 0 Å². The van der Waals surface area contributed by atoms with Crippen molar-refractivity contribution in [3.05, 3.63) is 0 Å².